The summed E-state index contributed by atoms with van der Waals surface area (Å²) in [6, 6.07) is 96.4. The summed E-state index contributed by atoms with van der Waals surface area (Å²) in [5.41, 5.74) is 13.3. The van der Waals surface area contributed by atoms with Gasteiger partial charge in [0.05, 0.1) is 11.0 Å². The standard InChI is InChI=1S/C60H43NSi/c1-4-15-44(16-5-1)47-29-37-53(38-30-47)62(54-39-31-48(32-40-54)45-17-6-2-7-18-45,55-41-33-49(34-42-55)46-19-8-3-9-20-46)56-22-14-21-51(43-56)50-27-35-52(36-28-50)61-59-25-12-10-23-57(59)58-24-11-13-26-60(58)61/h1-43H. The number of rotatable bonds is 9. The Hall–Kier alpha value is -7.78. The van der Waals surface area contributed by atoms with Gasteiger partial charge in [0.2, 0.25) is 0 Å². The molecule has 2 heteroatoms. The predicted octanol–water partition coefficient (Wildman–Crippen LogP) is 12.8. The van der Waals surface area contributed by atoms with Crippen LogP contribution < -0.4 is 20.7 Å². The van der Waals surface area contributed by atoms with Gasteiger partial charge in [-0.05, 0) is 89.5 Å². The molecule has 62 heavy (non-hydrogen) atoms. The maximum Gasteiger partial charge on any atom is 0.179 e. The molecule has 0 aliphatic heterocycles. The zero-order valence-corrected chi connectivity index (χ0v) is 35.3. The van der Waals surface area contributed by atoms with Gasteiger partial charge in [0.1, 0.15) is 0 Å². The van der Waals surface area contributed by atoms with Crippen molar-refractivity contribution in [3.05, 3.63) is 261 Å². The molecule has 0 saturated carbocycles. The first-order valence-corrected chi connectivity index (χ1v) is 23.4. The summed E-state index contributed by atoms with van der Waals surface area (Å²) in [4.78, 5) is 0. The first-order chi connectivity index (χ1) is 30.7. The fourth-order valence-corrected chi connectivity index (χ4v) is 14.3. The van der Waals surface area contributed by atoms with Crippen molar-refractivity contribution in [2.75, 3.05) is 0 Å². The summed E-state index contributed by atoms with van der Waals surface area (Å²) in [5, 5.41) is 7.91. The summed E-state index contributed by atoms with van der Waals surface area (Å²) in [6.07, 6.45) is 0. The van der Waals surface area contributed by atoms with Gasteiger partial charge in [0.15, 0.2) is 8.07 Å². The number of aromatic nitrogens is 1. The number of para-hydroxylation sites is 2. The normalized spacial score (nSPS) is 11.5. The Balaban J connectivity index is 1.09. The Morgan fingerprint density at radius 1 is 0.226 bits per heavy atom. The Bertz CT molecular complexity index is 3030. The molecule has 11 rings (SSSR count). The number of hydrogen-bond donors (Lipinski definition) is 0. The molecule has 11 aromatic rings. The third-order valence-electron chi connectivity index (χ3n) is 12.6. The molecule has 10 aromatic carbocycles. The van der Waals surface area contributed by atoms with E-state index in [0.717, 1.165) is 5.69 Å². The van der Waals surface area contributed by atoms with E-state index < -0.39 is 8.07 Å². The number of hydrogen-bond acceptors (Lipinski definition) is 0. The quantitative estimate of drug-likeness (QED) is 0.101. The zero-order valence-electron chi connectivity index (χ0n) is 34.3. The minimum atomic E-state index is -2.96. The van der Waals surface area contributed by atoms with Crippen molar-refractivity contribution in [3.63, 3.8) is 0 Å². The van der Waals surface area contributed by atoms with Gasteiger partial charge in [-0.1, -0.05) is 237 Å². The van der Waals surface area contributed by atoms with Crippen LogP contribution in [0, 0.1) is 0 Å². The number of nitrogens with zero attached hydrogens (tertiary/aromatic N) is 1. The van der Waals surface area contributed by atoms with Crippen LogP contribution >= 0.6 is 0 Å². The second kappa shape index (κ2) is 16.0. The van der Waals surface area contributed by atoms with E-state index in [-0.39, 0.29) is 0 Å². The first kappa shape index (κ1) is 37.2. The van der Waals surface area contributed by atoms with Crippen LogP contribution in [-0.4, -0.2) is 12.6 Å². The molecule has 1 aromatic heterocycles. The molecule has 0 aliphatic carbocycles. The van der Waals surface area contributed by atoms with Crippen LogP contribution in [-0.2, 0) is 0 Å². The van der Waals surface area contributed by atoms with Crippen molar-refractivity contribution < 1.29 is 0 Å². The molecule has 292 valence electrons. The fourth-order valence-electron chi connectivity index (χ4n) is 9.57. The van der Waals surface area contributed by atoms with Gasteiger partial charge in [-0.25, -0.2) is 0 Å². The Morgan fingerprint density at radius 2 is 0.548 bits per heavy atom. The molecule has 1 heterocycles. The van der Waals surface area contributed by atoms with Crippen molar-refractivity contribution in [3.8, 4) is 50.2 Å². The van der Waals surface area contributed by atoms with Gasteiger partial charge in [-0.2, -0.15) is 0 Å². The highest BCUT2D eigenvalue weighted by Crippen LogP contribution is 2.33. The largest absolute Gasteiger partial charge is 0.309 e. The van der Waals surface area contributed by atoms with Crippen LogP contribution in [0.3, 0.4) is 0 Å². The van der Waals surface area contributed by atoms with Crippen LogP contribution in [0.15, 0.2) is 261 Å². The van der Waals surface area contributed by atoms with Crippen LogP contribution in [0.5, 0.6) is 0 Å². The maximum absolute atomic E-state index is 2.96. The van der Waals surface area contributed by atoms with E-state index in [4.69, 9.17) is 0 Å². The van der Waals surface area contributed by atoms with Crippen LogP contribution in [0.25, 0.3) is 72.0 Å². The van der Waals surface area contributed by atoms with Crippen molar-refractivity contribution in [1.29, 1.82) is 0 Å². The second-order valence-electron chi connectivity index (χ2n) is 16.1. The Kier molecular flexibility index (Phi) is 9.61. The predicted molar refractivity (Wildman–Crippen MR) is 266 cm³/mol. The van der Waals surface area contributed by atoms with E-state index in [1.165, 1.54) is 87.1 Å². The van der Waals surface area contributed by atoms with E-state index in [1.54, 1.807) is 0 Å². The highest BCUT2D eigenvalue weighted by Gasteiger charge is 2.42. The molecule has 0 spiro atoms. The fraction of sp³-hybridized carbons (Fsp3) is 0. The van der Waals surface area contributed by atoms with Gasteiger partial charge < -0.3 is 4.57 Å². The molecule has 1 nitrogen and oxygen atoms in total. The van der Waals surface area contributed by atoms with Crippen LogP contribution in [0.2, 0.25) is 0 Å². The topological polar surface area (TPSA) is 4.93 Å². The molecule has 0 radical (unpaired) electrons. The minimum absolute atomic E-state index is 1.15. The molecule has 0 amide bonds. The molecule has 0 N–H and O–H groups in total. The number of benzene rings is 10. The van der Waals surface area contributed by atoms with Gasteiger partial charge in [0.25, 0.3) is 0 Å². The molecule has 0 bridgehead atoms. The van der Waals surface area contributed by atoms with Crippen molar-refractivity contribution in [2.24, 2.45) is 0 Å². The lowest BCUT2D eigenvalue weighted by Crippen LogP contribution is -2.74. The van der Waals surface area contributed by atoms with E-state index in [1.807, 2.05) is 0 Å². The molecule has 0 unspecified atom stereocenters. The SMILES string of the molecule is c1ccc(-c2ccc([Si](c3ccc(-c4ccccc4)cc3)(c3ccc(-c4ccccc4)cc3)c3cccc(-c4ccc(-n5c6ccccc6c6ccccc65)cc4)c3)cc2)cc1. The average molecular weight is 806 g/mol. The van der Waals surface area contributed by atoms with E-state index >= 15 is 0 Å². The van der Waals surface area contributed by atoms with Gasteiger partial charge in [-0.15, -0.1) is 0 Å². The van der Waals surface area contributed by atoms with E-state index in [9.17, 15) is 0 Å². The third kappa shape index (κ3) is 6.59. The summed E-state index contributed by atoms with van der Waals surface area (Å²) >= 11 is 0. The van der Waals surface area contributed by atoms with Crippen molar-refractivity contribution >= 4 is 50.6 Å². The van der Waals surface area contributed by atoms with E-state index in [2.05, 4.69) is 265 Å². The molecular formula is C60H43NSi. The highest BCUT2D eigenvalue weighted by atomic mass is 28.3. The summed E-state index contributed by atoms with van der Waals surface area (Å²) in [5.74, 6) is 0. The molecule has 0 saturated heterocycles. The third-order valence-corrected chi connectivity index (χ3v) is 17.4. The highest BCUT2D eigenvalue weighted by molar-refractivity contribution is 7.20. The molecule has 0 aliphatic rings. The Labute approximate surface area is 364 Å². The molecular weight excluding hydrogens is 763 g/mol. The van der Waals surface area contributed by atoms with Gasteiger partial charge in [0, 0.05) is 16.5 Å². The first-order valence-electron chi connectivity index (χ1n) is 21.4. The summed E-state index contributed by atoms with van der Waals surface area (Å²) < 4.78 is 2.39. The molecule has 0 fully saturated rings. The van der Waals surface area contributed by atoms with Gasteiger partial charge in [-0.3, -0.25) is 0 Å². The number of fused-ring (bicyclic) bond motifs is 3. The Morgan fingerprint density at radius 3 is 0.968 bits per heavy atom. The monoisotopic (exact) mass is 805 g/mol. The lowest BCUT2D eigenvalue weighted by Gasteiger charge is -2.35. The van der Waals surface area contributed by atoms with Gasteiger partial charge >= 0.3 is 0 Å². The smallest absolute Gasteiger partial charge is 0.179 e. The lowest BCUT2D eigenvalue weighted by molar-refractivity contribution is 1.18. The van der Waals surface area contributed by atoms with Crippen LogP contribution in [0.1, 0.15) is 0 Å². The van der Waals surface area contributed by atoms with Crippen molar-refractivity contribution in [1.82, 2.24) is 4.57 Å². The second-order valence-corrected chi connectivity index (χ2v) is 19.9. The maximum atomic E-state index is 2.48. The van der Waals surface area contributed by atoms with E-state index in [0.29, 0.717) is 0 Å². The van der Waals surface area contributed by atoms with Crippen molar-refractivity contribution in [2.45, 2.75) is 0 Å². The lowest BCUT2D eigenvalue weighted by atomic mass is 10.1. The van der Waals surface area contributed by atoms with Crippen LogP contribution in [0.4, 0.5) is 0 Å². The minimum Gasteiger partial charge on any atom is -0.309 e. The summed E-state index contributed by atoms with van der Waals surface area (Å²) in [6.45, 7) is 0. The molecule has 0 atom stereocenters. The average Bonchev–Trinajstić information content (AvgIpc) is 3.70. The summed E-state index contributed by atoms with van der Waals surface area (Å²) in [7, 11) is -2.96. The zero-order chi connectivity index (χ0) is 41.3.